The number of aliphatic carboxylic acids is 1. The molecule has 1 atom stereocenters. The zero-order valence-corrected chi connectivity index (χ0v) is 11.0. The first-order valence-electron chi connectivity index (χ1n) is 6.27. The molecule has 0 aromatic heterocycles. The molecule has 1 fully saturated rings. The highest BCUT2D eigenvalue weighted by Crippen LogP contribution is 2.34. The smallest absolute Gasteiger partial charge is 0.315 e. The number of amides is 2. The van der Waals surface area contributed by atoms with Crippen LogP contribution in [0.5, 0.6) is 0 Å². The standard InChI is InChI=1S/C12H22N2O4/c1-9(4-7-18-2)13-11(17)14-12(5-3-6-12)8-10(15)16/h9H,3-8H2,1-2H3,(H,15,16)(H2,13,14,17). The van der Waals surface area contributed by atoms with Gasteiger partial charge in [0.2, 0.25) is 0 Å². The summed E-state index contributed by atoms with van der Waals surface area (Å²) in [5.74, 6) is -0.873. The van der Waals surface area contributed by atoms with E-state index in [0.29, 0.717) is 6.61 Å². The quantitative estimate of drug-likeness (QED) is 0.638. The van der Waals surface area contributed by atoms with Gasteiger partial charge in [0.15, 0.2) is 0 Å². The van der Waals surface area contributed by atoms with Crippen LogP contribution in [0.3, 0.4) is 0 Å². The highest BCUT2D eigenvalue weighted by atomic mass is 16.5. The SMILES string of the molecule is COCCC(C)NC(=O)NC1(CC(=O)O)CCC1. The van der Waals surface area contributed by atoms with E-state index in [9.17, 15) is 9.59 Å². The van der Waals surface area contributed by atoms with Gasteiger partial charge in [-0.25, -0.2) is 4.79 Å². The van der Waals surface area contributed by atoms with Gasteiger partial charge in [-0.3, -0.25) is 4.79 Å². The molecule has 2 amide bonds. The molecule has 0 aromatic carbocycles. The lowest BCUT2D eigenvalue weighted by atomic mass is 9.74. The van der Waals surface area contributed by atoms with Gasteiger partial charge in [-0.15, -0.1) is 0 Å². The summed E-state index contributed by atoms with van der Waals surface area (Å²) in [7, 11) is 1.61. The number of ether oxygens (including phenoxy) is 1. The molecule has 1 saturated carbocycles. The number of carboxylic acid groups (broad SMARTS) is 1. The van der Waals surface area contributed by atoms with Gasteiger partial charge in [-0.05, 0) is 32.6 Å². The van der Waals surface area contributed by atoms with Crippen LogP contribution in [0, 0.1) is 0 Å². The minimum absolute atomic E-state index is 0.00639. The molecule has 6 nitrogen and oxygen atoms in total. The highest BCUT2D eigenvalue weighted by molar-refractivity contribution is 5.77. The van der Waals surface area contributed by atoms with Crippen LogP contribution >= 0.6 is 0 Å². The maximum Gasteiger partial charge on any atom is 0.315 e. The largest absolute Gasteiger partial charge is 0.481 e. The predicted octanol–water partition coefficient (Wildman–Crippen LogP) is 1.11. The number of hydrogen-bond donors (Lipinski definition) is 3. The van der Waals surface area contributed by atoms with Gasteiger partial charge in [0.05, 0.1) is 12.0 Å². The zero-order chi connectivity index (χ0) is 13.6. The van der Waals surface area contributed by atoms with Crippen molar-refractivity contribution < 1.29 is 19.4 Å². The normalized spacial score (nSPS) is 18.6. The van der Waals surface area contributed by atoms with Crippen molar-refractivity contribution in [1.29, 1.82) is 0 Å². The minimum Gasteiger partial charge on any atom is -0.481 e. The molecule has 0 bridgehead atoms. The summed E-state index contributed by atoms with van der Waals surface area (Å²) in [6.07, 6.45) is 3.16. The molecule has 18 heavy (non-hydrogen) atoms. The fraction of sp³-hybridized carbons (Fsp3) is 0.833. The number of carboxylic acids is 1. The lowest BCUT2D eigenvalue weighted by molar-refractivity contribution is -0.139. The Balaban J connectivity index is 2.36. The summed E-state index contributed by atoms with van der Waals surface area (Å²) in [6, 6.07) is -0.286. The molecule has 1 aliphatic rings. The molecule has 104 valence electrons. The van der Waals surface area contributed by atoms with Crippen LogP contribution in [0.4, 0.5) is 4.79 Å². The molecular formula is C12H22N2O4. The van der Waals surface area contributed by atoms with Crippen LogP contribution in [0.15, 0.2) is 0 Å². The van der Waals surface area contributed by atoms with Crippen molar-refractivity contribution in [2.75, 3.05) is 13.7 Å². The Morgan fingerprint density at radius 2 is 2.11 bits per heavy atom. The second-order valence-corrected chi connectivity index (χ2v) is 4.99. The van der Waals surface area contributed by atoms with E-state index in [1.54, 1.807) is 7.11 Å². The first-order valence-corrected chi connectivity index (χ1v) is 6.27. The Bertz CT molecular complexity index is 302. The van der Waals surface area contributed by atoms with E-state index >= 15 is 0 Å². The summed E-state index contributed by atoms with van der Waals surface area (Å²) in [5.41, 5.74) is -0.545. The van der Waals surface area contributed by atoms with Crippen molar-refractivity contribution in [2.24, 2.45) is 0 Å². The lowest BCUT2D eigenvalue weighted by Crippen LogP contribution is -2.58. The van der Waals surface area contributed by atoms with E-state index in [1.807, 2.05) is 6.92 Å². The Kier molecular flexibility index (Phi) is 5.40. The van der Waals surface area contributed by atoms with Crippen LogP contribution < -0.4 is 10.6 Å². The third-order valence-corrected chi connectivity index (χ3v) is 3.31. The number of hydrogen-bond acceptors (Lipinski definition) is 3. The molecule has 1 unspecified atom stereocenters. The summed E-state index contributed by atoms with van der Waals surface area (Å²) in [4.78, 5) is 22.5. The molecule has 0 saturated heterocycles. The number of methoxy groups -OCH3 is 1. The molecule has 6 heteroatoms. The molecule has 0 radical (unpaired) electrons. The molecular weight excluding hydrogens is 236 g/mol. The van der Waals surface area contributed by atoms with Crippen LogP contribution in [0.2, 0.25) is 0 Å². The third kappa shape index (κ3) is 4.52. The third-order valence-electron chi connectivity index (χ3n) is 3.31. The van der Waals surface area contributed by atoms with Gasteiger partial charge in [-0.1, -0.05) is 0 Å². The van der Waals surface area contributed by atoms with E-state index in [2.05, 4.69) is 10.6 Å². The molecule has 0 aromatic rings. The topological polar surface area (TPSA) is 87.7 Å². The first-order chi connectivity index (χ1) is 8.47. The molecule has 1 aliphatic carbocycles. The second-order valence-electron chi connectivity index (χ2n) is 4.99. The molecule has 1 rings (SSSR count). The highest BCUT2D eigenvalue weighted by Gasteiger charge is 2.40. The van der Waals surface area contributed by atoms with E-state index < -0.39 is 11.5 Å². The Morgan fingerprint density at radius 1 is 1.44 bits per heavy atom. The summed E-state index contributed by atoms with van der Waals surface area (Å²) < 4.78 is 4.93. The van der Waals surface area contributed by atoms with E-state index in [4.69, 9.17) is 9.84 Å². The molecule has 0 heterocycles. The lowest BCUT2D eigenvalue weighted by Gasteiger charge is -2.41. The van der Waals surface area contributed by atoms with Crippen molar-refractivity contribution in [3.8, 4) is 0 Å². The van der Waals surface area contributed by atoms with Crippen molar-refractivity contribution in [3.05, 3.63) is 0 Å². The first kappa shape index (κ1) is 14.8. The Morgan fingerprint density at radius 3 is 2.56 bits per heavy atom. The average molecular weight is 258 g/mol. The summed E-state index contributed by atoms with van der Waals surface area (Å²) >= 11 is 0. The molecule has 0 spiro atoms. The number of rotatable bonds is 7. The number of carbonyl (C=O) groups excluding carboxylic acids is 1. The van der Waals surface area contributed by atoms with Gasteiger partial charge < -0.3 is 20.5 Å². The number of carbonyl (C=O) groups is 2. The second kappa shape index (κ2) is 6.58. The van der Waals surface area contributed by atoms with E-state index in [0.717, 1.165) is 25.7 Å². The van der Waals surface area contributed by atoms with Crippen LogP contribution in [-0.4, -0.2) is 42.4 Å². The monoisotopic (exact) mass is 258 g/mol. The van der Waals surface area contributed by atoms with Crippen molar-refractivity contribution in [1.82, 2.24) is 10.6 Å². The predicted molar refractivity (Wildman–Crippen MR) is 66.5 cm³/mol. The Hall–Kier alpha value is -1.30. The van der Waals surface area contributed by atoms with Crippen LogP contribution in [-0.2, 0) is 9.53 Å². The molecule has 3 N–H and O–H groups in total. The van der Waals surface area contributed by atoms with Gasteiger partial charge in [-0.2, -0.15) is 0 Å². The minimum atomic E-state index is -0.873. The Labute approximate surface area is 107 Å². The van der Waals surface area contributed by atoms with E-state index in [-0.39, 0.29) is 18.5 Å². The van der Waals surface area contributed by atoms with Crippen molar-refractivity contribution >= 4 is 12.0 Å². The molecule has 0 aliphatic heterocycles. The van der Waals surface area contributed by atoms with Crippen molar-refractivity contribution in [2.45, 2.75) is 50.6 Å². The maximum atomic E-state index is 11.8. The van der Waals surface area contributed by atoms with Crippen molar-refractivity contribution in [3.63, 3.8) is 0 Å². The van der Waals surface area contributed by atoms with Crippen LogP contribution in [0.25, 0.3) is 0 Å². The average Bonchev–Trinajstić information content (AvgIpc) is 2.22. The van der Waals surface area contributed by atoms with E-state index in [1.165, 1.54) is 0 Å². The zero-order valence-electron chi connectivity index (χ0n) is 11.0. The van der Waals surface area contributed by atoms with Gasteiger partial charge in [0.25, 0.3) is 0 Å². The van der Waals surface area contributed by atoms with Gasteiger partial charge in [0.1, 0.15) is 0 Å². The number of urea groups is 1. The van der Waals surface area contributed by atoms with Gasteiger partial charge in [0, 0.05) is 19.8 Å². The fourth-order valence-electron chi connectivity index (χ4n) is 2.11. The van der Waals surface area contributed by atoms with Gasteiger partial charge >= 0.3 is 12.0 Å². The summed E-state index contributed by atoms with van der Waals surface area (Å²) in [5, 5.41) is 14.4. The fourth-order valence-corrected chi connectivity index (χ4v) is 2.11. The van der Waals surface area contributed by atoms with Crippen LogP contribution in [0.1, 0.15) is 39.0 Å². The number of nitrogens with one attached hydrogen (secondary N) is 2. The maximum absolute atomic E-state index is 11.8. The summed E-state index contributed by atoms with van der Waals surface area (Å²) in [6.45, 7) is 2.48.